The van der Waals surface area contributed by atoms with E-state index in [1.165, 1.54) is 31.7 Å². The monoisotopic (exact) mass is 467 g/mol. The lowest BCUT2D eigenvalue weighted by Crippen LogP contribution is -2.43. The van der Waals surface area contributed by atoms with Gasteiger partial charge in [-0.05, 0) is 42.9 Å². The zero-order valence-electron chi connectivity index (χ0n) is 14.9. The van der Waals surface area contributed by atoms with E-state index in [0.29, 0.717) is 5.96 Å². The Balaban J connectivity index is 0.00000312. The second-order valence-corrected chi connectivity index (χ2v) is 6.46. The number of nitrogens with one attached hydrogen (secondary N) is 2. The number of halogens is 3. The minimum absolute atomic E-state index is 0. The van der Waals surface area contributed by atoms with Crippen LogP contribution in [0.2, 0.25) is 0 Å². The van der Waals surface area contributed by atoms with Crippen LogP contribution in [0.25, 0.3) is 0 Å². The summed E-state index contributed by atoms with van der Waals surface area (Å²) in [5.74, 6) is -0.269. The van der Waals surface area contributed by atoms with Crippen molar-refractivity contribution in [3.63, 3.8) is 0 Å². The van der Waals surface area contributed by atoms with Crippen molar-refractivity contribution < 1.29 is 13.5 Å². The molecule has 0 atom stereocenters. The van der Waals surface area contributed by atoms with E-state index in [9.17, 15) is 8.78 Å². The molecule has 0 amide bonds. The fourth-order valence-corrected chi connectivity index (χ4v) is 3.31. The van der Waals surface area contributed by atoms with E-state index in [-0.39, 0.29) is 41.5 Å². The van der Waals surface area contributed by atoms with Crippen LogP contribution in [-0.2, 0) is 11.3 Å². The first-order chi connectivity index (χ1) is 11.6. The molecule has 0 unspecified atom stereocenters. The summed E-state index contributed by atoms with van der Waals surface area (Å²) in [6, 6.07) is 3.46. The van der Waals surface area contributed by atoms with E-state index in [0.717, 1.165) is 31.7 Å². The quantitative estimate of drug-likeness (QED) is 0.364. The summed E-state index contributed by atoms with van der Waals surface area (Å²) in [6.45, 7) is 1.75. The number of guanidine groups is 1. The fraction of sp³-hybridized carbons (Fsp3) is 0.611. The van der Waals surface area contributed by atoms with Gasteiger partial charge in [0, 0.05) is 39.4 Å². The predicted molar refractivity (Wildman–Crippen MR) is 107 cm³/mol. The molecule has 1 aromatic carbocycles. The summed E-state index contributed by atoms with van der Waals surface area (Å²) < 4.78 is 32.1. The lowest BCUT2D eigenvalue weighted by atomic mass is 9.83. The van der Waals surface area contributed by atoms with Crippen LogP contribution in [0.3, 0.4) is 0 Å². The highest BCUT2D eigenvalue weighted by atomic mass is 127. The van der Waals surface area contributed by atoms with Crippen molar-refractivity contribution in [1.82, 2.24) is 10.6 Å². The Morgan fingerprint density at radius 1 is 1.24 bits per heavy atom. The molecule has 0 aromatic heterocycles. The van der Waals surface area contributed by atoms with Crippen molar-refractivity contribution in [1.29, 1.82) is 0 Å². The van der Waals surface area contributed by atoms with E-state index < -0.39 is 11.6 Å². The third kappa shape index (κ3) is 6.69. The Kier molecular flexibility index (Phi) is 9.63. The van der Waals surface area contributed by atoms with Crippen LogP contribution in [0.4, 0.5) is 8.78 Å². The Labute approximate surface area is 165 Å². The molecule has 142 valence electrons. The van der Waals surface area contributed by atoms with Crippen LogP contribution in [0.1, 0.15) is 37.7 Å². The van der Waals surface area contributed by atoms with Crippen molar-refractivity contribution in [2.75, 3.05) is 27.3 Å². The highest BCUT2D eigenvalue weighted by Crippen LogP contribution is 2.40. The number of rotatable bonds is 7. The largest absolute Gasteiger partial charge is 0.385 e. The van der Waals surface area contributed by atoms with E-state index in [1.54, 1.807) is 14.2 Å². The van der Waals surface area contributed by atoms with Gasteiger partial charge >= 0.3 is 0 Å². The molecule has 0 bridgehead atoms. The van der Waals surface area contributed by atoms with Crippen molar-refractivity contribution >= 4 is 29.9 Å². The zero-order valence-corrected chi connectivity index (χ0v) is 17.2. The lowest BCUT2D eigenvalue weighted by Gasteiger charge is -2.30. The van der Waals surface area contributed by atoms with Crippen molar-refractivity contribution in [2.24, 2.45) is 10.4 Å². The number of hydrogen-bond donors (Lipinski definition) is 2. The number of aliphatic imine (C=N–C) groups is 1. The van der Waals surface area contributed by atoms with Crippen LogP contribution < -0.4 is 10.6 Å². The van der Waals surface area contributed by atoms with Gasteiger partial charge in [0.2, 0.25) is 0 Å². The Bertz CT molecular complexity index is 563. The minimum atomic E-state index is -0.444. The second-order valence-electron chi connectivity index (χ2n) is 6.46. The molecule has 0 heterocycles. The highest BCUT2D eigenvalue weighted by Gasteiger charge is 2.33. The molecule has 1 saturated carbocycles. The van der Waals surface area contributed by atoms with Crippen molar-refractivity contribution in [2.45, 2.75) is 38.6 Å². The number of ether oxygens (including phenoxy) is 1. The summed E-state index contributed by atoms with van der Waals surface area (Å²) in [7, 11) is 3.40. The number of hydrogen-bond acceptors (Lipinski definition) is 2. The molecule has 0 saturated heterocycles. The molecule has 4 nitrogen and oxygen atoms in total. The van der Waals surface area contributed by atoms with E-state index >= 15 is 0 Å². The Hall–Kier alpha value is -0.960. The van der Waals surface area contributed by atoms with Crippen LogP contribution in [0.5, 0.6) is 0 Å². The molecule has 0 spiro atoms. The SMILES string of the molecule is CN=C(NCc1cc(F)ccc1F)NCC1(CCOC)CCCC1.I. The van der Waals surface area contributed by atoms with Gasteiger partial charge in [-0.3, -0.25) is 4.99 Å². The first-order valence-electron chi connectivity index (χ1n) is 8.46. The minimum Gasteiger partial charge on any atom is -0.385 e. The van der Waals surface area contributed by atoms with Crippen molar-refractivity contribution in [3.05, 3.63) is 35.4 Å². The summed E-state index contributed by atoms with van der Waals surface area (Å²) in [5, 5.41) is 6.38. The molecule has 1 aliphatic carbocycles. The fourth-order valence-electron chi connectivity index (χ4n) is 3.31. The molecule has 0 radical (unpaired) electrons. The molecule has 2 N–H and O–H groups in total. The van der Waals surface area contributed by atoms with Crippen LogP contribution in [0.15, 0.2) is 23.2 Å². The van der Waals surface area contributed by atoms with E-state index in [2.05, 4.69) is 15.6 Å². The second kappa shape index (κ2) is 10.9. The maximum Gasteiger partial charge on any atom is 0.191 e. The predicted octanol–water partition coefficient (Wildman–Crippen LogP) is 3.84. The highest BCUT2D eigenvalue weighted by molar-refractivity contribution is 14.0. The third-order valence-electron chi connectivity index (χ3n) is 4.81. The molecule has 1 fully saturated rings. The van der Waals surface area contributed by atoms with E-state index in [4.69, 9.17) is 4.74 Å². The first-order valence-corrected chi connectivity index (χ1v) is 8.46. The topological polar surface area (TPSA) is 45.7 Å². The van der Waals surface area contributed by atoms with Crippen LogP contribution >= 0.6 is 24.0 Å². The molecule has 2 rings (SSSR count). The van der Waals surface area contributed by atoms with Gasteiger partial charge in [0.25, 0.3) is 0 Å². The Morgan fingerprint density at radius 2 is 1.96 bits per heavy atom. The van der Waals surface area contributed by atoms with Crippen molar-refractivity contribution in [3.8, 4) is 0 Å². The van der Waals surface area contributed by atoms with Gasteiger partial charge in [0.1, 0.15) is 11.6 Å². The standard InChI is InChI=1S/C18H27F2N3O.HI/c1-21-17(22-12-14-11-15(19)5-6-16(14)20)23-13-18(9-10-24-2)7-3-4-8-18;/h5-6,11H,3-4,7-10,12-13H2,1-2H3,(H2,21,22,23);1H. The summed E-state index contributed by atoms with van der Waals surface area (Å²) in [4.78, 5) is 4.17. The molecule has 1 aromatic rings. The summed E-state index contributed by atoms with van der Waals surface area (Å²) in [5.41, 5.74) is 0.519. The molecular formula is C18H28F2IN3O. The molecule has 0 aliphatic heterocycles. The number of methoxy groups -OCH3 is 1. The molecule has 25 heavy (non-hydrogen) atoms. The smallest absolute Gasteiger partial charge is 0.191 e. The first kappa shape index (κ1) is 22.1. The average Bonchev–Trinajstić information content (AvgIpc) is 3.05. The zero-order chi connectivity index (χ0) is 17.4. The normalized spacial score (nSPS) is 16.4. The molecular weight excluding hydrogens is 439 g/mol. The van der Waals surface area contributed by atoms with Gasteiger partial charge < -0.3 is 15.4 Å². The lowest BCUT2D eigenvalue weighted by molar-refractivity contribution is 0.138. The van der Waals surface area contributed by atoms with E-state index in [1.807, 2.05) is 0 Å². The van der Waals surface area contributed by atoms with Gasteiger partial charge in [0.05, 0.1) is 0 Å². The molecule has 1 aliphatic rings. The van der Waals surface area contributed by atoms with Gasteiger partial charge in [0.15, 0.2) is 5.96 Å². The third-order valence-corrected chi connectivity index (χ3v) is 4.81. The summed E-state index contributed by atoms with van der Waals surface area (Å²) in [6.07, 6.45) is 5.86. The van der Waals surface area contributed by atoms with Gasteiger partial charge in [-0.25, -0.2) is 8.78 Å². The summed E-state index contributed by atoms with van der Waals surface area (Å²) >= 11 is 0. The van der Waals surface area contributed by atoms with Crippen LogP contribution in [0, 0.1) is 17.0 Å². The van der Waals surface area contributed by atoms with Gasteiger partial charge in [-0.2, -0.15) is 0 Å². The maximum absolute atomic E-state index is 13.7. The maximum atomic E-state index is 13.7. The van der Waals surface area contributed by atoms with Gasteiger partial charge in [-0.15, -0.1) is 24.0 Å². The van der Waals surface area contributed by atoms with Gasteiger partial charge in [-0.1, -0.05) is 12.8 Å². The Morgan fingerprint density at radius 3 is 2.60 bits per heavy atom. The number of benzene rings is 1. The number of nitrogens with zero attached hydrogens (tertiary/aromatic N) is 1. The molecule has 7 heteroatoms. The van der Waals surface area contributed by atoms with Crippen LogP contribution in [-0.4, -0.2) is 33.3 Å². The average molecular weight is 467 g/mol.